The number of phenols is 1. The molecule has 0 fully saturated rings. The Morgan fingerprint density at radius 2 is 1.71 bits per heavy atom. The van der Waals surface area contributed by atoms with Gasteiger partial charge in [0, 0.05) is 11.1 Å². The summed E-state index contributed by atoms with van der Waals surface area (Å²) in [5, 5.41) is 9.43. The Morgan fingerprint density at radius 3 is 2.29 bits per heavy atom. The van der Waals surface area contributed by atoms with Gasteiger partial charge < -0.3 is 19.3 Å². The summed E-state index contributed by atoms with van der Waals surface area (Å²) in [4.78, 5) is 12.4. The van der Waals surface area contributed by atoms with Crippen LogP contribution in [-0.2, 0) is 0 Å². The lowest BCUT2D eigenvalue weighted by Gasteiger charge is -2.14. The van der Waals surface area contributed by atoms with E-state index in [9.17, 15) is 9.90 Å². The standard InChI is InChI=1S/C19H20O5/c1-12-11-14(20)7-8-15(12)16(21)9-5-13-6-10-17(22-2)19(24-4)18(13)23-3/h5-11,20H,1-4H3/b9-5+. The highest BCUT2D eigenvalue weighted by Crippen LogP contribution is 2.40. The molecule has 0 radical (unpaired) electrons. The maximum atomic E-state index is 12.4. The van der Waals surface area contributed by atoms with Crippen molar-refractivity contribution in [1.82, 2.24) is 0 Å². The van der Waals surface area contributed by atoms with Crippen LogP contribution in [0.25, 0.3) is 6.08 Å². The molecule has 0 aliphatic rings. The van der Waals surface area contributed by atoms with Gasteiger partial charge in [0.15, 0.2) is 17.3 Å². The van der Waals surface area contributed by atoms with Crippen LogP contribution in [0.5, 0.6) is 23.0 Å². The largest absolute Gasteiger partial charge is 0.508 e. The molecule has 5 heteroatoms. The Kier molecular flexibility index (Phi) is 5.47. The van der Waals surface area contributed by atoms with Gasteiger partial charge in [-0.1, -0.05) is 0 Å². The van der Waals surface area contributed by atoms with Crippen LogP contribution in [-0.4, -0.2) is 32.2 Å². The van der Waals surface area contributed by atoms with Gasteiger partial charge in [-0.2, -0.15) is 0 Å². The molecule has 0 atom stereocenters. The van der Waals surface area contributed by atoms with Gasteiger partial charge in [-0.3, -0.25) is 4.79 Å². The number of carbonyl (C=O) groups excluding carboxylic acids is 1. The van der Waals surface area contributed by atoms with Crippen LogP contribution in [0, 0.1) is 6.92 Å². The van der Waals surface area contributed by atoms with E-state index in [0.717, 1.165) is 0 Å². The molecule has 0 aromatic heterocycles. The van der Waals surface area contributed by atoms with E-state index in [-0.39, 0.29) is 11.5 Å². The summed E-state index contributed by atoms with van der Waals surface area (Å²) in [5.41, 5.74) is 1.94. The lowest BCUT2D eigenvalue weighted by atomic mass is 10.0. The van der Waals surface area contributed by atoms with Crippen LogP contribution >= 0.6 is 0 Å². The molecule has 1 N–H and O–H groups in total. The van der Waals surface area contributed by atoms with Gasteiger partial charge in [0.25, 0.3) is 0 Å². The number of rotatable bonds is 6. The third-order valence-electron chi connectivity index (χ3n) is 3.62. The number of phenolic OH excluding ortho intramolecular Hbond substituents is 1. The fourth-order valence-corrected chi connectivity index (χ4v) is 2.44. The summed E-state index contributed by atoms with van der Waals surface area (Å²) < 4.78 is 15.9. The van der Waals surface area contributed by atoms with Gasteiger partial charge in [0.2, 0.25) is 5.75 Å². The Hall–Kier alpha value is -2.95. The van der Waals surface area contributed by atoms with Crippen molar-refractivity contribution in [2.75, 3.05) is 21.3 Å². The van der Waals surface area contributed by atoms with E-state index in [2.05, 4.69) is 0 Å². The molecule has 0 amide bonds. The molecule has 0 heterocycles. The number of carbonyl (C=O) groups is 1. The zero-order chi connectivity index (χ0) is 17.7. The molecule has 0 saturated carbocycles. The summed E-state index contributed by atoms with van der Waals surface area (Å²) >= 11 is 0. The maximum absolute atomic E-state index is 12.4. The van der Waals surface area contributed by atoms with Gasteiger partial charge in [0.05, 0.1) is 21.3 Å². The minimum atomic E-state index is -0.163. The molecule has 0 bridgehead atoms. The topological polar surface area (TPSA) is 65.0 Å². The summed E-state index contributed by atoms with van der Waals surface area (Å²) in [6, 6.07) is 8.18. The third kappa shape index (κ3) is 3.51. The highest BCUT2D eigenvalue weighted by molar-refractivity contribution is 6.08. The smallest absolute Gasteiger partial charge is 0.203 e. The number of ketones is 1. The van der Waals surface area contributed by atoms with Crippen LogP contribution in [0.3, 0.4) is 0 Å². The molecule has 0 aliphatic heterocycles. The van der Waals surface area contributed by atoms with Crippen LogP contribution in [0.15, 0.2) is 36.4 Å². The number of ether oxygens (including phenoxy) is 3. The maximum Gasteiger partial charge on any atom is 0.203 e. The molecule has 0 unspecified atom stereocenters. The first-order valence-electron chi connectivity index (χ1n) is 7.32. The van der Waals surface area contributed by atoms with Gasteiger partial charge >= 0.3 is 0 Å². The van der Waals surface area contributed by atoms with Crippen molar-refractivity contribution >= 4 is 11.9 Å². The van der Waals surface area contributed by atoms with E-state index in [4.69, 9.17) is 14.2 Å². The molecule has 2 aromatic rings. The normalized spacial score (nSPS) is 10.7. The van der Waals surface area contributed by atoms with E-state index in [1.807, 2.05) is 0 Å². The second-order valence-electron chi connectivity index (χ2n) is 5.12. The predicted octanol–water partition coefficient (Wildman–Crippen LogP) is 3.62. The Morgan fingerprint density at radius 1 is 1.00 bits per heavy atom. The van der Waals surface area contributed by atoms with Crippen molar-refractivity contribution < 1.29 is 24.1 Å². The van der Waals surface area contributed by atoms with Crippen LogP contribution in [0.4, 0.5) is 0 Å². The zero-order valence-electron chi connectivity index (χ0n) is 14.1. The molecule has 24 heavy (non-hydrogen) atoms. The Balaban J connectivity index is 2.36. The van der Waals surface area contributed by atoms with E-state index >= 15 is 0 Å². The Labute approximate surface area is 141 Å². The summed E-state index contributed by atoms with van der Waals surface area (Å²) in [6.07, 6.45) is 3.12. The minimum absolute atomic E-state index is 0.134. The van der Waals surface area contributed by atoms with Crippen molar-refractivity contribution in [2.24, 2.45) is 0 Å². The van der Waals surface area contributed by atoms with Crippen molar-refractivity contribution in [3.63, 3.8) is 0 Å². The van der Waals surface area contributed by atoms with Crippen molar-refractivity contribution in [1.29, 1.82) is 0 Å². The highest BCUT2D eigenvalue weighted by Gasteiger charge is 2.14. The second kappa shape index (κ2) is 7.55. The number of methoxy groups -OCH3 is 3. The molecule has 126 valence electrons. The van der Waals surface area contributed by atoms with Gasteiger partial charge in [0.1, 0.15) is 5.75 Å². The number of allylic oxidation sites excluding steroid dienone is 1. The van der Waals surface area contributed by atoms with Crippen molar-refractivity contribution in [3.05, 3.63) is 53.1 Å². The van der Waals surface area contributed by atoms with Crippen LogP contribution in [0.1, 0.15) is 21.5 Å². The SMILES string of the molecule is COc1ccc(/C=C/C(=O)c2ccc(O)cc2C)c(OC)c1OC. The average Bonchev–Trinajstić information content (AvgIpc) is 2.58. The highest BCUT2D eigenvalue weighted by atomic mass is 16.5. The lowest BCUT2D eigenvalue weighted by molar-refractivity contribution is 0.104. The first-order chi connectivity index (χ1) is 11.5. The van der Waals surface area contributed by atoms with Crippen molar-refractivity contribution in [2.45, 2.75) is 6.92 Å². The minimum Gasteiger partial charge on any atom is -0.508 e. The Bertz CT molecular complexity index is 778. The van der Waals surface area contributed by atoms with Crippen molar-refractivity contribution in [3.8, 4) is 23.0 Å². The number of aromatic hydroxyl groups is 1. The van der Waals surface area contributed by atoms with E-state index in [1.165, 1.54) is 26.4 Å². The van der Waals surface area contributed by atoms with Gasteiger partial charge in [-0.25, -0.2) is 0 Å². The van der Waals surface area contributed by atoms with Crippen LogP contribution in [0.2, 0.25) is 0 Å². The average molecular weight is 328 g/mol. The molecule has 5 nitrogen and oxygen atoms in total. The summed E-state index contributed by atoms with van der Waals surface area (Å²) in [5.74, 6) is 1.48. The third-order valence-corrected chi connectivity index (χ3v) is 3.62. The molecule has 0 aliphatic carbocycles. The second-order valence-corrected chi connectivity index (χ2v) is 5.12. The number of hydrogen-bond acceptors (Lipinski definition) is 5. The van der Waals surface area contributed by atoms with Gasteiger partial charge in [-0.05, 0) is 55.0 Å². The molecule has 0 saturated heterocycles. The van der Waals surface area contributed by atoms with E-state index in [0.29, 0.717) is 33.9 Å². The molecule has 0 spiro atoms. The van der Waals surface area contributed by atoms with Crippen LogP contribution < -0.4 is 14.2 Å². The molecule has 2 rings (SSSR count). The number of benzene rings is 2. The van der Waals surface area contributed by atoms with E-state index in [1.54, 1.807) is 44.4 Å². The number of hydrogen-bond donors (Lipinski definition) is 1. The molecular weight excluding hydrogens is 308 g/mol. The number of aryl methyl sites for hydroxylation is 1. The fourth-order valence-electron chi connectivity index (χ4n) is 2.44. The molecular formula is C19H20O5. The van der Waals surface area contributed by atoms with E-state index < -0.39 is 0 Å². The molecule has 2 aromatic carbocycles. The first kappa shape index (κ1) is 17.4. The van der Waals surface area contributed by atoms with Gasteiger partial charge in [-0.15, -0.1) is 0 Å². The first-order valence-corrected chi connectivity index (χ1v) is 7.32. The quantitative estimate of drug-likeness (QED) is 0.648. The summed E-state index contributed by atoms with van der Waals surface area (Å²) in [6.45, 7) is 1.78. The monoisotopic (exact) mass is 328 g/mol. The fraction of sp³-hybridized carbons (Fsp3) is 0.211. The predicted molar refractivity (Wildman–Crippen MR) is 92.3 cm³/mol. The summed E-state index contributed by atoms with van der Waals surface area (Å²) in [7, 11) is 4.60. The lowest BCUT2D eigenvalue weighted by Crippen LogP contribution is -1.99. The zero-order valence-corrected chi connectivity index (χ0v) is 14.1.